The van der Waals surface area contributed by atoms with E-state index in [1.54, 1.807) is 4.90 Å². The third-order valence-electron chi connectivity index (χ3n) is 4.48. The lowest BCUT2D eigenvalue weighted by molar-refractivity contribution is -0.192. The number of rotatable bonds is 2. The molecule has 30 heavy (non-hydrogen) atoms. The number of amidine groups is 1. The predicted molar refractivity (Wildman–Crippen MR) is 104 cm³/mol. The third-order valence-corrected chi connectivity index (χ3v) is 5.17. The summed E-state index contributed by atoms with van der Waals surface area (Å²) in [6.07, 6.45) is -10.5. The first-order valence-electron chi connectivity index (χ1n) is 8.65. The molecule has 0 amide bonds. The zero-order chi connectivity index (χ0) is 22.9. The lowest BCUT2D eigenvalue weighted by atomic mass is 9.96. The van der Waals surface area contributed by atoms with Gasteiger partial charge in [-0.15, -0.1) is 0 Å². The van der Waals surface area contributed by atoms with Crippen LogP contribution in [0.1, 0.15) is 31.2 Å². The van der Waals surface area contributed by atoms with Crippen LogP contribution in [0.4, 0.5) is 32.0 Å². The standard InChI is InChI=1S/C17H16BrF3N2.C2HF3O2/c1-10-9-23(15(22)7-8-17(19,20)21)14-6-5-11-12(16(10)14)3-2-4-13(11)18;3-2(4,5)1(6)7/h2-6,10,22H,7-9H2,1H3;(H,6,7). The van der Waals surface area contributed by atoms with E-state index >= 15 is 0 Å². The van der Waals surface area contributed by atoms with Crippen molar-refractivity contribution in [1.29, 1.82) is 5.41 Å². The summed E-state index contributed by atoms with van der Waals surface area (Å²) in [6, 6.07) is 9.82. The third kappa shape index (κ3) is 5.65. The molecule has 0 saturated carbocycles. The minimum absolute atomic E-state index is 0.0299. The first kappa shape index (κ1) is 24.0. The van der Waals surface area contributed by atoms with Gasteiger partial charge in [0, 0.05) is 29.0 Å². The van der Waals surface area contributed by atoms with Gasteiger partial charge < -0.3 is 10.0 Å². The Balaban J connectivity index is 0.000000396. The number of carbonyl (C=O) groups is 1. The highest BCUT2D eigenvalue weighted by atomic mass is 79.9. The smallest absolute Gasteiger partial charge is 0.475 e. The van der Waals surface area contributed by atoms with E-state index in [4.69, 9.17) is 15.3 Å². The van der Waals surface area contributed by atoms with Crippen molar-refractivity contribution in [2.75, 3.05) is 11.4 Å². The highest BCUT2D eigenvalue weighted by molar-refractivity contribution is 9.10. The molecule has 2 N–H and O–H groups in total. The molecule has 2 aromatic carbocycles. The van der Waals surface area contributed by atoms with E-state index < -0.39 is 24.7 Å². The number of aliphatic carboxylic acids is 1. The number of anilines is 1. The van der Waals surface area contributed by atoms with Gasteiger partial charge >= 0.3 is 18.3 Å². The van der Waals surface area contributed by atoms with Crippen molar-refractivity contribution >= 4 is 44.2 Å². The van der Waals surface area contributed by atoms with Crippen LogP contribution >= 0.6 is 15.9 Å². The Labute approximate surface area is 176 Å². The Morgan fingerprint density at radius 2 is 1.77 bits per heavy atom. The van der Waals surface area contributed by atoms with Crippen molar-refractivity contribution < 1.29 is 36.2 Å². The van der Waals surface area contributed by atoms with Crippen molar-refractivity contribution in [3.63, 3.8) is 0 Å². The van der Waals surface area contributed by atoms with E-state index in [-0.39, 0.29) is 18.2 Å². The molecule has 1 aliphatic heterocycles. The van der Waals surface area contributed by atoms with E-state index in [0.717, 1.165) is 26.5 Å². The van der Waals surface area contributed by atoms with E-state index in [0.29, 0.717) is 6.54 Å². The molecule has 164 valence electrons. The van der Waals surface area contributed by atoms with Gasteiger partial charge in [-0.3, -0.25) is 5.41 Å². The number of carboxylic acids is 1. The maximum Gasteiger partial charge on any atom is 0.490 e. The quantitative estimate of drug-likeness (QED) is 0.283. The van der Waals surface area contributed by atoms with E-state index in [9.17, 15) is 26.3 Å². The molecule has 11 heteroatoms. The fourth-order valence-electron chi connectivity index (χ4n) is 3.20. The van der Waals surface area contributed by atoms with E-state index in [2.05, 4.69) is 22.9 Å². The summed E-state index contributed by atoms with van der Waals surface area (Å²) in [5, 5.41) is 17.4. The van der Waals surface area contributed by atoms with Gasteiger partial charge in [0.1, 0.15) is 5.84 Å². The highest BCUT2D eigenvalue weighted by Crippen LogP contribution is 2.43. The lowest BCUT2D eigenvalue weighted by Gasteiger charge is -2.21. The fraction of sp³-hybridized carbons (Fsp3) is 0.368. The molecular weight excluding hydrogens is 482 g/mol. The Hall–Kier alpha value is -2.30. The molecule has 1 unspecified atom stereocenters. The van der Waals surface area contributed by atoms with Crippen molar-refractivity contribution in [3.05, 3.63) is 40.4 Å². The molecule has 3 rings (SSSR count). The summed E-state index contributed by atoms with van der Waals surface area (Å²) in [7, 11) is 0. The molecule has 2 aromatic rings. The summed E-state index contributed by atoms with van der Waals surface area (Å²) in [5.74, 6) is -2.55. The van der Waals surface area contributed by atoms with E-state index in [1.165, 1.54) is 0 Å². The molecule has 1 heterocycles. The van der Waals surface area contributed by atoms with Crippen LogP contribution in [-0.2, 0) is 4.79 Å². The molecule has 0 fully saturated rings. The molecular formula is C19H17BrF6N2O2. The first-order valence-corrected chi connectivity index (χ1v) is 9.44. The van der Waals surface area contributed by atoms with Gasteiger partial charge in [0.2, 0.25) is 0 Å². The second-order valence-electron chi connectivity index (χ2n) is 6.71. The largest absolute Gasteiger partial charge is 0.490 e. The lowest BCUT2D eigenvalue weighted by Crippen LogP contribution is -2.29. The van der Waals surface area contributed by atoms with Crippen molar-refractivity contribution in [3.8, 4) is 0 Å². The molecule has 0 aliphatic carbocycles. The van der Waals surface area contributed by atoms with Gasteiger partial charge in [0.25, 0.3) is 0 Å². The number of carboxylic acid groups (broad SMARTS) is 1. The average Bonchev–Trinajstić information content (AvgIpc) is 2.96. The number of alkyl halides is 6. The average molecular weight is 499 g/mol. The Bertz CT molecular complexity index is 958. The van der Waals surface area contributed by atoms with Crippen molar-refractivity contribution in [1.82, 2.24) is 0 Å². The summed E-state index contributed by atoms with van der Waals surface area (Å²) in [6.45, 7) is 2.61. The normalized spacial score (nSPS) is 16.1. The van der Waals surface area contributed by atoms with Crippen LogP contribution in [0.2, 0.25) is 0 Å². The predicted octanol–water partition coefficient (Wildman–Crippen LogP) is 6.48. The highest BCUT2D eigenvalue weighted by Gasteiger charge is 2.38. The summed E-state index contributed by atoms with van der Waals surface area (Å²) >= 11 is 3.53. The molecule has 0 bridgehead atoms. The SMILES string of the molecule is CC1CN(C(=N)CCC(F)(F)F)c2ccc3c(Br)cccc3c21.O=C(O)C(F)(F)F. The van der Waals surface area contributed by atoms with Crippen LogP contribution in [0.3, 0.4) is 0 Å². The molecule has 4 nitrogen and oxygen atoms in total. The maximum absolute atomic E-state index is 12.4. The van der Waals surface area contributed by atoms with Gasteiger partial charge in [-0.2, -0.15) is 26.3 Å². The number of hydrogen-bond acceptors (Lipinski definition) is 2. The summed E-state index contributed by atoms with van der Waals surface area (Å²) in [5.41, 5.74) is 1.97. The van der Waals surface area contributed by atoms with Crippen molar-refractivity contribution in [2.45, 2.75) is 38.0 Å². The van der Waals surface area contributed by atoms with Crippen molar-refractivity contribution in [2.24, 2.45) is 0 Å². The number of benzene rings is 2. The molecule has 0 saturated heterocycles. The van der Waals surface area contributed by atoms with Crippen LogP contribution in [-0.4, -0.2) is 35.8 Å². The molecule has 0 spiro atoms. The second kappa shape index (κ2) is 8.83. The van der Waals surface area contributed by atoms with Crippen LogP contribution in [0.15, 0.2) is 34.8 Å². The molecule has 0 aromatic heterocycles. The van der Waals surface area contributed by atoms with Gasteiger partial charge in [-0.25, -0.2) is 4.79 Å². The number of nitrogens with zero attached hydrogens (tertiary/aromatic N) is 1. The van der Waals surface area contributed by atoms with E-state index in [1.807, 2.05) is 30.3 Å². The summed E-state index contributed by atoms with van der Waals surface area (Å²) in [4.78, 5) is 10.6. The number of halogens is 7. The summed E-state index contributed by atoms with van der Waals surface area (Å²) < 4.78 is 70.0. The van der Waals surface area contributed by atoms with Crippen LogP contribution in [0.5, 0.6) is 0 Å². The van der Waals surface area contributed by atoms with Gasteiger partial charge in [-0.1, -0.05) is 41.1 Å². The Morgan fingerprint density at radius 1 is 1.17 bits per heavy atom. The minimum Gasteiger partial charge on any atom is -0.475 e. The van der Waals surface area contributed by atoms with Gasteiger partial charge in [0.05, 0.1) is 6.42 Å². The van der Waals surface area contributed by atoms with Crippen LogP contribution in [0, 0.1) is 5.41 Å². The number of nitrogens with one attached hydrogen (secondary N) is 1. The van der Waals surface area contributed by atoms with Crippen LogP contribution in [0.25, 0.3) is 10.8 Å². The molecule has 0 radical (unpaired) electrons. The van der Waals surface area contributed by atoms with Gasteiger partial charge in [0.15, 0.2) is 0 Å². The maximum atomic E-state index is 12.4. The molecule has 1 aliphatic rings. The second-order valence-corrected chi connectivity index (χ2v) is 7.56. The first-order chi connectivity index (χ1) is 13.7. The minimum atomic E-state index is -5.08. The fourth-order valence-corrected chi connectivity index (χ4v) is 3.70. The number of fused-ring (bicyclic) bond motifs is 3. The van der Waals surface area contributed by atoms with Crippen LogP contribution < -0.4 is 4.90 Å². The Kier molecular flexibility index (Phi) is 7.05. The van der Waals surface area contributed by atoms with Gasteiger partial charge in [-0.05, 0) is 28.5 Å². The zero-order valence-corrected chi connectivity index (χ0v) is 17.1. The number of hydrogen-bond donors (Lipinski definition) is 2. The molecule has 1 atom stereocenters. The monoisotopic (exact) mass is 498 g/mol. The Morgan fingerprint density at radius 3 is 2.30 bits per heavy atom. The topological polar surface area (TPSA) is 64.4 Å². The zero-order valence-electron chi connectivity index (χ0n) is 15.5.